The number of benzene rings is 6. The third kappa shape index (κ3) is 17.6. The van der Waals surface area contributed by atoms with E-state index in [1.165, 1.54) is 12.3 Å². The van der Waals surface area contributed by atoms with E-state index in [9.17, 15) is 19.8 Å². The number of halogens is 1. The van der Waals surface area contributed by atoms with Gasteiger partial charge < -0.3 is 68.5 Å². The minimum atomic E-state index is -0.746. The predicted molar refractivity (Wildman–Crippen MR) is 343 cm³/mol. The molecule has 32 heteroatoms. The number of rotatable bonds is 8. The largest absolute Gasteiger partial charge is 0.506 e. The van der Waals surface area contributed by atoms with Crippen LogP contribution in [0.1, 0.15) is 0 Å². The zero-order valence-electron chi connectivity index (χ0n) is 46.6. The van der Waals surface area contributed by atoms with Gasteiger partial charge in [0, 0.05) is 69.5 Å². The number of carbonyl (C=O) groups is 2. The molecule has 6 heterocycles. The third-order valence-corrected chi connectivity index (χ3v) is 11.7. The quantitative estimate of drug-likeness (QED) is 0.0511. The molecular formula is C56H52ClN21O8S2. The van der Waals surface area contributed by atoms with Gasteiger partial charge in [-0.3, -0.25) is 10.6 Å². The van der Waals surface area contributed by atoms with Gasteiger partial charge in [-0.25, -0.2) is 69.4 Å². The molecule has 448 valence electrons. The first-order valence-corrected chi connectivity index (χ1v) is 26.3. The Morgan fingerprint density at radius 1 is 0.398 bits per heavy atom. The van der Waals surface area contributed by atoms with Crippen LogP contribution in [0.4, 0.5) is 39.3 Å². The summed E-state index contributed by atoms with van der Waals surface area (Å²) in [5.41, 5.74) is 29.7. The summed E-state index contributed by atoms with van der Waals surface area (Å²) >= 11 is 15.0. The van der Waals surface area contributed by atoms with Crippen molar-refractivity contribution in [3.8, 4) is 34.5 Å². The molecule has 0 radical (unpaired) electrons. The molecule has 0 spiro atoms. The van der Waals surface area contributed by atoms with Gasteiger partial charge >= 0.3 is 12.1 Å². The number of amides is 4. The van der Waals surface area contributed by atoms with Crippen molar-refractivity contribution in [2.45, 2.75) is 0 Å². The monoisotopic (exact) mass is 1250 g/mol. The fraction of sp³-hybridized carbons (Fsp3) is 0.0714. The number of primary amides is 2. The summed E-state index contributed by atoms with van der Waals surface area (Å²) in [6, 6.07) is 31.0. The first-order chi connectivity index (χ1) is 42.4. The van der Waals surface area contributed by atoms with E-state index in [0.717, 1.165) is 43.5 Å². The van der Waals surface area contributed by atoms with Crippen LogP contribution < -0.4 is 68.9 Å². The zero-order chi connectivity index (χ0) is 63.3. The van der Waals surface area contributed by atoms with Crippen LogP contribution >= 0.6 is 36.0 Å². The number of hydrogen-bond donors (Lipinski definition) is 11. The molecule has 12 aromatic rings. The first kappa shape index (κ1) is 63.7. The number of nitrogens with two attached hydrogens (primary N) is 5. The number of anilines is 5. The van der Waals surface area contributed by atoms with Crippen molar-refractivity contribution in [3.63, 3.8) is 0 Å². The molecule has 0 bridgehead atoms. The zero-order valence-corrected chi connectivity index (χ0v) is 49.0. The van der Waals surface area contributed by atoms with Crippen LogP contribution in [-0.2, 0) is 0 Å². The fourth-order valence-corrected chi connectivity index (χ4v) is 7.84. The van der Waals surface area contributed by atoms with E-state index in [4.69, 9.17) is 71.4 Å². The Morgan fingerprint density at radius 2 is 0.670 bits per heavy atom. The number of para-hydroxylation sites is 6. The molecule has 0 saturated carbocycles. The molecule has 0 unspecified atom stereocenters. The van der Waals surface area contributed by atoms with Gasteiger partial charge in [0.15, 0.2) is 10.2 Å². The maximum Gasteiger partial charge on any atom is 0.319 e. The molecular weight excluding hydrogens is 1190 g/mol. The van der Waals surface area contributed by atoms with Crippen molar-refractivity contribution in [2.75, 3.05) is 55.4 Å². The van der Waals surface area contributed by atoms with Crippen LogP contribution in [0.3, 0.4) is 0 Å². The molecule has 0 aliphatic carbocycles. The average molecular weight is 1250 g/mol. The van der Waals surface area contributed by atoms with Gasteiger partial charge in [-0.05, 0) is 72.4 Å². The predicted octanol–water partition coefficient (Wildman–Crippen LogP) is 7.75. The Hall–Kier alpha value is -11.8. The molecule has 6 aromatic carbocycles. The SMILES string of the molecule is COc1cccc2cnc(Cl)nc12.COc1cccc2cnc(N)nc12.COc1cccc2cnc(NC(N)=O)nc12.COc1cccc2cnc(NC(N)=S)nc12.NC(=O)Nc1ncc2cccc(O)c2n1.NC(=S)Nc1ncc2cccc(O)c2n1. The highest BCUT2D eigenvalue weighted by atomic mass is 35.5. The van der Waals surface area contributed by atoms with E-state index in [0.29, 0.717) is 50.9 Å². The van der Waals surface area contributed by atoms with Gasteiger partial charge in [-0.2, -0.15) is 0 Å². The summed E-state index contributed by atoms with van der Waals surface area (Å²) in [6.07, 6.45) is 9.71. The third-order valence-electron chi connectivity index (χ3n) is 11.3. The van der Waals surface area contributed by atoms with E-state index in [2.05, 4.69) is 93.3 Å². The van der Waals surface area contributed by atoms with Crippen LogP contribution in [0.15, 0.2) is 146 Å². The molecule has 6 aromatic heterocycles. The van der Waals surface area contributed by atoms with E-state index in [1.54, 1.807) is 95.8 Å². The number of nitrogen functional groups attached to an aromatic ring is 1. The Bertz CT molecular complexity index is 4210. The molecule has 29 nitrogen and oxygen atoms in total. The number of phenols is 2. The van der Waals surface area contributed by atoms with Gasteiger partial charge in [-0.1, -0.05) is 72.8 Å². The van der Waals surface area contributed by atoms with Crippen LogP contribution in [0, 0.1) is 0 Å². The molecule has 0 fully saturated rings. The lowest BCUT2D eigenvalue weighted by atomic mass is 10.2. The van der Waals surface area contributed by atoms with Gasteiger partial charge in [0.25, 0.3) is 0 Å². The average Bonchev–Trinajstić information content (AvgIpc) is 3.72. The second-order valence-corrected chi connectivity index (χ2v) is 18.3. The second-order valence-electron chi connectivity index (χ2n) is 17.1. The number of aromatic hydroxyl groups is 2. The van der Waals surface area contributed by atoms with E-state index < -0.39 is 12.1 Å². The maximum absolute atomic E-state index is 10.7. The molecule has 16 N–H and O–H groups in total. The number of nitrogens with zero attached hydrogens (tertiary/aromatic N) is 12. The number of nitrogens with one attached hydrogen (secondary N) is 4. The highest BCUT2D eigenvalue weighted by Crippen LogP contribution is 2.28. The summed E-state index contributed by atoms with van der Waals surface area (Å²) in [7, 11) is 6.35. The van der Waals surface area contributed by atoms with Gasteiger partial charge in [0.05, 0.1) is 28.4 Å². The van der Waals surface area contributed by atoms with Crippen LogP contribution in [0.2, 0.25) is 5.28 Å². The summed E-state index contributed by atoms with van der Waals surface area (Å²) in [5.74, 6) is 3.98. The van der Waals surface area contributed by atoms with Crippen molar-refractivity contribution in [1.29, 1.82) is 0 Å². The van der Waals surface area contributed by atoms with Crippen LogP contribution in [0.5, 0.6) is 34.5 Å². The molecule has 0 aliphatic rings. The van der Waals surface area contributed by atoms with Gasteiger partial charge in [-0.15, -0.1) is 0 Å². The van der Waals surface area contributed by atoms with Crippen molar-refractivity contribution < 1.29 is 38.7 Å². The number of aromatic nitrogens is 12. The van der Waals surface area contributed by atoms with Gasteiger partial charge in [0.2, 0.25) is 35.0 Å². The van der Waals surface area contributed by atoms with Crippen LogP contribution in [-0.4, -0.2) is 121 Å². The van der Waals surface area contributed by atoms with Crippen molar-refractivity contribution >= 4 is 153 Å². The Labute approximate surface area is 514 Å². The molecule has 0 aliphatic heterocycles. The van der Waals surface area contributed by atoms with Gasteiger partial charge in [0.1, 0.15) is 67.6 Å². The van der Waals surface area contributed by atoms with E-state index in [1.807, 2.05) is 66.7 Å². The topological polar surface area (TPSA) is 444 Å². The lowest BCUT2D eigenvalue weighted by molar-refractivity contribution is 0.258. The number of carbonyl (C=O) groups excluding carboxylic acids is 2. The molecule has 0 saturated heterocycles. The highest BCUT2D eigenvalue weighted by molar-refractivity contribution is 7.80. The lowest BCUT2D eigenvalue weighted by Crippen LogP contribution is -2.20. The smallest absolute Gasteiger partial charge is 0.319 e. The van der Waals surface area contributed by atoms with Crippen molar-refractivity contribution in [1.82, 2.24) is 59.8 Å². The number of phenolic OH excluding ortho intramolecular Hbond substituents is 2. The summed E-state index contributed by atoms with van der Waals surface area (Å²) < 4.78 is 20.6. The summed E-state index contributed by atoms with van der Waals surface area (Å²) in [6.45, 7) is 0. The van der Waals surface area contributed by atoms with Crippen molar-refractivity contribution in [3.05, 3.63) is 152 Å². The number of thiocarbonyl (C=S) groups is 2. The number of fused-ring (bicyclic) bond motifs is 6. The lowest BCUT2D eigenvalue weighted by Gasteiger charge is -2.06. The van der Waals surface area contributed by atoms with E-state index in [-0.39, 0.29) is 50.8 Å². The fourth-order valence-electron chi connectivity index (χ4n) is 7.53. The Kier molecular flexibility index (Phi) is 22.2. The van der Waals surface area contributed by atoms with E-state index >= 15 is 0 Å². The molecule has 4 amide bonds. The maximum atomic E-state index is 10.7. The normalized spacial score (nSPS) is 10.1. The highest BCUT2D eigenvalue weighted by Gasteiger charge is 2.10. The second kappa shape index (κ2) is 30.6. The summed E-state index contributed by atoms with van der Waals surface area (Å²) in [5, 5.41) is 34.3. The van der Waals surface area contributed by atoms with Crippen molar-refractivity contribution in [2.24, 2.45) is 22.9 Å². The summed E-state index contributed by atoms with van der Waals surface area (Å²) in [4.78, 5) is 69.4. The molecule has 88 heavy (non-hydrogen) atoms. The minimum Gasteiger partial charge on any atom is -0.506 e. The standard InChI is InChI=1S/C10H10N4O2.C10H10N4OS.C9H7ClN2O.C9H8N4O2.C9H8N4OS.C9H9N3O/c1-16-7-4-2-3-6-5-12-10(13-8(6)7)14-9(11)15;1-15-7-4-2-3-6-5-12-10(13-8(6)7)14-9(11)16;1-13-7-4-2-3-6-5-11-9(10)12-8(6)7;2*10-8(15)13-9-11-4-5-2-1-3-6(14)7(5)12-9;1-13-7-4-2-3-6-5-11-9(10)12-8(6)7/h2-5H,1H3,(H3,11,12,13,14,15);2-5H,1H3,(H3,11,12,13,14,16);2-5H,1H3;2*1-4,14H,(H3,10,11,12,13,15);2-5H,1H3,(H2,10,11,12). The number of methoxy groups -OCH3 is 4. The number of hydrogen-bond acceptors (Lipinski definition) is 23. The molecule has 12 rings (SSSR count). The minimum absolute atomic E-state index is 0.0300. The first-order valence-electron chi connectivity index (χ1n) is 25.1. The Balaban J connectivity index is 0.000000151. The van der Waals surface area contributed by atoms with Crippen LogP contribution in [0.25, 0.3) is 65.4 Å². The molecule has 0 atom stereocenters. The number of urea groups is 2. The number of ether oxygens (including phenoxy) is 4. The Morgan fingerprint density at radius 3 is 1.00 bits per heavy atom.